The lowest BCUT2D eigenvalue weighted by atomic mass is 10.1. The highest BCUT2D eigenvalue weighted by Crippen LogP contribution is 2.38. The maximum atomic E-state index is 14.4. The second-order valence-corrected chi connectivity index (χ2v) is 12.1. The number of benzene rings is 1. The number of halogens is 2. The maximum Gasteiger partial charge on any atom is 0.192 e. The van der Waals surface area contributed by atoms with Crippen LogP contribution in [0.1, 0.15) is 33.3 Å². The van der Waals surface area contributed by atoms with Gasteiger partial charge in [0.25, 0.3) is 0 Å². The van der Waals surface area contributed by atoms with Crippen LogP contribution in [0.15, 0.2) is 11.2 Å². The number of ether oxygens (including phenoxy) is 1. The van der Waals surface area contributed by atoms with E-state index >= 15 is 0 Å². The molecule has 0 fully saturated rings. The van der Waals surface area contributed by atoms with Crippen molar-refractivity contribution in [3.8, 4) is 5.75 Å². The number of azide groups is 1. The van der Waals surface area contributed by atoms with Gasteiger partial charge >= 0.3 is 0 Å². The SMILES string of the molecule is CCOc1[c]cc(Cl)c(F)c1CC(N=[N+]=[N-])O[Si](C)(C)C(C)(C)C. The predicted molar refractivity (Wildman–Crippen MR) is 96.3 cm³/mol. The van der Waals surface area contributed by atoms with E-state index in [1.165, 1.54) is 6.07 Å². The molecule has 1 aromatic carbocycles. The summed E-state index contributed by atoms with van der Waals surface area (Å²) < 4.78 is 26.0. The van der Waals surface area contributed by atoms with Crippen LogP contribution in [0.2, 0.25) is 23.2 Å². The maximum absolute atomic E-state index is 14.4. The van der Waals surface area contributed by atoms with Gasteiger partial charge < -0.3 is 9.16 Å². The second kappa shape index (κ2) is 8.21. The first-order valence-corrected chi connectivity index (χ1v) is 11.1. The number of hydrogen-bond acceptors (Lipinski definition) is 3. The van der Waals surface area contributed by atoms with E-state index < -0.39 is 20.4 Å². The van der Waals surface area contributed by atoms with Crippen LogP contribution in [-0.4, -0.2) is 21.2 Å². The van der Waals surface area contributed by atoms with Crippen molar-refractivity contribution >= 4 is 19.9 Å². The fourth-order valence-electron chi connectivity index (χ4n) is 1.83. The molecule has 0 bridgehead atoms. The summed E-state index contributed by atoms with van der Waals surface area (Å²) in [5, 5.41) is 3.58. The van der Waals surface area contributed by atoms with E-state index in [0.29, 0.717) is 6.61 Å². The standard InChI is InChI=1S/C16H24ClFN3O2Si/c1-7-22-13-9-8-12(17)15(18)11(13)10-14(20-21-19)23-24(5,6)16(2,3)4/h8,14H,7,10H2,1-6H3. The van der Waals surface area contributed by atoms with Crippen LogP contribution < -0.4 is 4.74 Å². The van der Waals surface area contributed by atoms with E-state index in [2.05, 4.69) is 36.9 Å². The van der Waals surface area contributed by atoms with E-state index in [1.807, 2.05) is 13.1 Å². The number of rotatable bonds is 7. The van der Waals surface area contributed by atoms with Crippen molar-refractivity contribution in [3.63, 3.8) is 0 Å². The van der Waals surface area contributed by atoms with Gasteiger partial charge in [-0.1, -0.05) is 37.5 Å². The van der Waals surface area contributed by atoms with Gasteiger partial charge in [0.05, 0.1) is 11.6 Å². The molecule has 0 aliphatic heterocycles. The molecule has 0 saturated carbocycles. The van der Waals surface area contributed by atoms with Gasteiger partial charge in [-0.3, -0.25) is 0 Å². The second-order valence-electron chi connectivity index (χ2n) is 6.93. The lowest BCUT2D eigenvalue weighted by molar-refractivity contribution is 0.184. The molecule has 0 amide bonds. The molecule has 133 valence electrons. The monoisotopic (exact) mass is 372 g/mol. The largest absolute Gasteiger partial charge is 0.493 e. The summed E-state index contributed by atoms with van der Waals surface area (Å²) in [4.78, 5) is 2.84. The molecule has 0 N–H and O–H groups in total. The molecule has 0 aliphatic rings. The van der Waals surface area contributed by atoms with Crippen molar-refractivity contribution in [3.05, 3.63) is 39.0 Å². The van der Waals surface area contributed by atoms with Crippen molar-refractivity contribution in [1.82, 2.24) is 0 Å². The van der Waals surface area contributed by atoms with Crippen molar-refractivity contribution in [2.45, 2.75) is 58.5 Å². The molecule has 24 heavy (non-hydrogen) atoms. The molecule has 0 aliphatic carbocycles. The minimum atomic E-state index is -2.20. The van der Waals surface area contributed by atoms with Crippen molar-refractivity contribution in [1.29, 1.82) is 0 Å². The predicted octanol–water partition coefficient (Wildman–Crippen LogP) is 5.88. The Hall–Kier alpha value is -1.27. The first-order chi connectivity index (χ1) is 11.0. The van der Waals surface area contributed by atoms with Gasteiger partial charge in [-0.25, -0.2) is 4.39 Å². The van der Waals surface area contributed by atoms with Crippen molar-refractivity contribution < 1.29 is 13.6 Å². The Morgan fingerprint density at radius 1 is 1.46 bits per heavy atom. The molecule has 1 radical (unpaired) electrons. The van der Waals surface area contributed by atoms with E-state index in [-0.39, 0.29) is 27.8 Å². The van der Waals surface area contributed by atoms with Gasteiger partial charge in [0.2, 0.25) is 0 Å². The summed E-state index contributed by atoms with van der Waals surface area (Å²) >= 11 is 5.85. The Balaban J connectivity index is 3.18. The normalized spacial score (nSPS) is 13.3. The molecule has 1 aromatic rings. The third-order valence-electron chi connectivity index (χ3n) is 4.16. The van der Waals surface area contributed by atoms with Gasteiger partial charge in [0, 0.05) is 23.0 Å². The third-order valence-corrected chi connectivity index (χ3v) is 8.91. The zero-order valence-corrected chi connectivity index (χ0v) is 16.7. The summed E-state index contributed by atoms with van der Waals surface area (Å²) in [5.41, 5.74) is 9.05. The highest BCUT2D eigenvalue weighted by molar-refractivity contribution is 6.74. The van der Waals surface area contributed by atoms with E-state index in [0.717, 1.165) is 0 Å². The van der Waals surface area contributed by atoms with Crippen LogP contribution >= 0.6 is 11.6 Å². The van der Waals surface area contributed by atoms with Crippen molar-refractivity contribution in [2.75, 3.05) is 6.61 Å². The van der Waals surface area contributed by atoms with Gasteiger partial charge in [0.1, 0.15) is 17.8 Å². The first-order valence-electron chi connectivity index (χ1n) is 7.77. The zero-order chi connectivity index (χ0) is 18.5. The smallest absolute Gasteiger partial charge is 0.192 e. The summed E-state index contributed by atoms with van der Waals surface area (Å²) in [6.07, 6.45) is -0.800. The lowest BCUT2D eigenvalue weighted by Crippen LogP contribution is -2.44. The summed E-state index contributed by atoms with van der Waals surface area (Å²) in [7, 11) is -2.20. The molecule has 0 saturated heterocycles. The number of hydrogen-bond donors (Lipinski definition) is 0. The molecule has 0 heterocycles. The molecular weight excluding hydrogens is 349 g/mol. The average molecular weight is 373 g/mol. The van der Waals surface area contributed by atoms with E-state index in [1.54, 1.807) is 6.92 Å². The lowest BCUT2D eigenvalue weighted by Gasteiger charge is -2.38. The molecule has 1 unspecified atom stereocenters. The minimum absolute atomic E-state index is 0.0365. The van der Waals surface area contributed by atoms with Gasteiger partial charge in [-0.2, -0.15) is 0 Å². The molecule has 0 spiro atoms. The van der Waals surface area contributed by atoms with Crippen LogP contribution in [0.25, 0.3) is 10.4 Å². The Kier molecular flexibility index (Phi) is 7.10. The van der Waals surface area contributed by atoms with Crippen LogP contribution in [0.4, 0.5) is 4.39 Å². The summed E-state index contributed by atoms with van der Waals surface area (Å²) in [6.45, 7) is 12.5. The van der Waals surface area contributed by atoms with Crippen LogP contribution in [0, 0.1) is 11.9 Å². The quantitative estimate of drug-likeness (QED) is 0.259. The molecule has 0 aromatic heterocycles. The zero-order valence-electron chi connectivity index (χ0n) is 15.0. The van der Waals surface area contributed by atoms with E-state index in [4.69, 9.17) is 26.3 Å². The van der Waals surface area contributed by atoms with Crippen molar-refractivity contribution in [2.24, 2.45) is 5.11 Å². The summed E-state index contributed by atoms with van der Waals surface area (Å²) in [6, 6.07) is 4.14. The fourth-order valence-corrected chi connectivity index (χ4v) is 3.17. The molecule has 8 heteroatoms. The number of nitrogens with zero attached hydrogens (tertiary/aromatic N) is 3. The highest BCUT2D eigenvalue weighted by Gasteiger charge is 2.39. The van der Waals surface area contributed by atoms with Gasteiger partial charge in [0.15, 0.2) is 8.32 Å². The highest BCUT2D eigenvalue weighted by atomic mass is 35.5. The average Bonchev–Trinajstić information content (AvgIpc) is 2.45. The Morgan fingerprint density at radius 3 is 2.58 bits per heavy atom. The molecular formula is C16H24ClFN3O2Si. The Morgan fingerprint density at radius 2 is 2.08 bits per heavy atom. The molecule has 1 rings (SSSR count). The van der Waals surface area contributed by atoms with Crippen LogP contribution in [-0.2, 0) is 10.8 Å². The summed E-state index contributed by atoms with van der Waals surface area (Å²) in [5.74, 6) is -0.341. The van der Waals surface area contributed by atoms with E-state index in [9.17, 15) is 4.39 Å². The first kappa shape index (κ1) is 20.8. The van der Waals surface area contributed by atoms with Crippen LogP contribution in [0.3, 0.4) is 0 Å². The van der Waals surface area contributed by atoms with Gasteiger partial charge in [-0.15, -0.1) is 0 Å². The fraction of sp³-hybridized carbons (Fsp3) is 0.625. The molecule has 1 atom stereocenters. The topological polar surface area (TPSA) is 67.2 Å². The minimum Gasteiger partial charge on any atom is -0.493 e. The van der Waals surface area contributed by atoms with Gasteiger partial charge in [-0.05, 0) is 36.7 Å². The Labute approximate surface area is 148 Å². The Bertz CT molecular complexity index is 628. The molecule has 5 nitrogen and oxygen atoms in total. The third kappa shape index (κ3) is 5.11. The van der Waals surface area contributed by atoms with Crippen LogP contribution in [0.5, 0.6) is 5.75 Å².